The van der Waals surface area contributed by atoms with Crippen molar-refractivity contribution in [2.24, 2.45) is 0 Å². The van der Waals surface area contributed by atoms with Crippen LogP contribution in [0.25, 0.3) is 0 Å². The minimum absolute atomic E-state index is 0.459. The Hall–Kier alpha value is -1.50. The molecule has 0 saturated carbocycles. The van der Waals surface area contributed by atoms with Gasteiger partial charge in [0.25, 0.3) is 0 Å². The molecular formula is C13H15ClN2O. The molecule has 17 heavy (non-hydrogen) atoms. The van der Waals surface area contributed by atoms with Gasteiger partial charge in [-0.05, 0) is 25.1 Å². The maximum Gasteiger partial charge on any atom is 0.101 e. The Morgan fingerprint density at radius 2 is 2.35 bits per heavy atom. The third kappa shape index (κ3) is 4.90. The third-order valence-electron chi connectivity index (χ3n) is 2.01. The zero-order valence-electron chi connectivity index (χ0n) is 9.79. The second-order valence-electron chi connectivity index (χ2n) is 3.74. The number of ether oxygens (including phenoxy) is 1. The highest BCUT2D eigenvalue weighted by atomic mass is 35.5. The molecule has 0 amide bonds. The number of benzene rings is 1. The van der Waals surface area contributed by atoms with E-state index in [-0.39, 0.29) is 0 Å². The van der Waals surface area contributed by atoms with Gasteiger partial charge in [0, 0.05) is 12.2 Å². The molecule has 0 aliphatic heterocycles. The summed E-state index contributed by atoms with van der Waals surface area (Å²) >= 11 is 5.91. The fraction of sp³-hybridized carbons (Fsp3) is 0.308. The fourth-order valence-electron chi connectivity index (χ4n) is 1.23. The molecular weight excluding hydrogens is 236 g/mol. The number of halogens is 1. The van der Waals surface area contributed by atoms with Gasteiger partial charge >= 0.3 is 0 Å². The predicted octanol–water partition coefficient (Wildman–Crippen LogP) is 3.22. The number of nitrogens with one attached hydrogen (secondary N) is 1. The summed E-state index contributed by atoms with van der Waals surface area (Å²) in [4.78, 5) is 0. The Morgan fingerprint density at radius 1 is 1.59 bits per heavy atom. The van der Waals surface area contributed by atoms with E-state index in [4.69, 9.17) is 21.6 Å². The molecule has 0 heterocycles. The topological polar surface area (TPSA) is 45.0 Å². The molecule has 1 aromatic rings. The molecule has 0 aromatic heterocycles. The first-order valence-corrected chi connectivity index (χ1v) is 5.67. The molecule has 0 spiro atoms. The lowest BCUT2D eigenvalue weighted by molar-refractivity contribution is 0.167. The quantitative estimate of drug-likeness (QED) is 0.623. The second kappa shape index (κ2) is 6.95. The van der Waals surface area contributed by atoms with Crippen molar-refractivity contribution in [2.75, 3.05) is 25.1 Å². The Morgan fingerprint density at radius 3 is 2.94 bits per heavy atom. The highest BCUT2D eigenvalue weighted by molar-refractivity contribution is 6.32. The van der Waals surface area contributed by atoms with Crippen molar-refractivity contribution in [2.45, 2.75) is 6.92 Å². The molecule has 4 heteroatoms. The van der Waals surface area contributed by atoms with E-state index in [0.29, 0.717) is 30.3 Å². The fourth-order valence-corrected chi connectivity index (χ4v) is 1.45. The highest BCUT2D eigenvalue weighted by Crippen LogP contribution is 2.19. The van der Waals surface area contributed by atoms with Crippen molar-refractivity contribution in [3.63, 3.8) is 0 Å². The first-order valence-electron chi connectivity index (χ1n) is 5.29. The SMILES string of the molecule is C=C(C)COCCNc1ccc(C#N)c(Cl)c1. The number of nitrogens with zero attached hydrogens (tertiary/aromatic N) is 1. The van der Waals surface area contributed by atoms with E-state index in [1.165, 1.54) is 0 Å². The van der Waals surface area contributed by atoms with E-state index in [0.717, 1.165) is 11.3 Å². The highest BCUT2D eigenvalue weighted by Gasteiger charge is 2.00. The van der Waals surface area contributed by atoms with Gasteiger partial charge in [-0.2, -0.15) is 5.26 Å². The molecule has 0 bridgehead atoms. The molecule has 0 aliphatic rings. The minimum atomic E-state index is 0.459. The molecule has 3 nitrogen and oxygen atoms in total. The number of hydrogen-bond acceptors (Lipinski definition) is 3. The Bertz CT molecular complexity index is 438. The van der Waals surface area contributed by atoms with Crippen molar-refractivity contribution < 1.29 is 4.74 Å². The minimum Gasteiger partial charge on any atom is -0.383 e. The Balaban J connectivity index is 2.35. The first-order chi connectivity index (χ1) is 8.13. The number of nitriles is 1. The van der Waals surface area contributed by atoms with Crippen LogP contribution in [0.5, 0.6) is 0 Å². The van der Waals surface area contributed by atoms with E-state index in [1.54, 1.807) is 12.1 Å². The van der Waals surface area contributed by atoms with Crippen molar-refractivity contribution in [1.82, 2.24) is 0 Å². The van der Waals surface area contributed by atoms with Gasteiger partial charge in [-0.25, -0.2) is 0 Å². The van der Waals surface area contributed by atoms with Gasteiger partial charge in [0.2, 0.25) is 0 Å². The van der Waals surface area contributed by atoms with E-state index in [2.05, 4.69) is 11.9 Å². The average Bonchev–Trinajstić information content (AvgIpc) is 2.28. The number of anilines is 1. The molecule has 0 radical (unpaired) electrons. The molecule has 0 atom stereocenters. The normalized spacial score (nSPS) is 9.71. The van der Waals surface area contributed by atoms with Gasteiger partial charge in [-0.15, -0.1) is 0 Å². The summed E-state index contributed by atoms with van der Waals surface area (Å²) in [5, 5.41) is 12.3. The molecule has 0 aliphatic carbocycles. The molecule has 1 aromatic carbocycles. The van der Waals surface area contributed by atoms with Crippen LogP contribution in [0.2, 0.25) is 5.02 Å². The van der Waals surface area contributed by atoms with E-state index in [9.17, 15) is 0 Å². The lowest BCUT2D eigenvalue weighted by Crippen LogP contribution is -2.10. The van der Waals surface area contributed by atoms with Crippen LogP contribution in [-0.4, -0.2) is 19.8 Å². The van der Waals surface area contributed by atoms with Crippen molar-refractivity contribution in [3.8, 4) is 6.07 Å². The van der Waals surface area contributed by atoms with Crippen LogP contribution in [0.4, 0.5) is 5.69 Å². The van der Waals surface area contributed by atoms with E-state index >= 15 is 0 Å². The van der Waals surface area contributed by atoms with Crippen LogP contribution in [0.3, 0.4) is 0 Å². The van der Waals surface area contributed by atoms with Crippen LogP contribution in [0, 0.1) is 11.3 Å². The van der Waals surface area contributed by atoms with Gasteiger partial charge in [-0.3, -0.25) is 0 Å². The van der Waals surface area contributed by atoms with Gasteiger partial charge in [0.15, 0.2) is 0 Å². The monoisotopic (exact) mass is 250 g/mol. The Labute approximate surface area is 107 Å². The van der Waals surface area contributed by atoms with Crippen LogP contribution < -0.4 is 5.32 Å². The smallest absolute Gasteiger partial charge is 0.101 e. The van der Waals surface area contributed by atoms with E-state index < -0.39 is 0 Å². The van der Waals surface area contributed by atoms with Gasteiger partial charge in [0.05, 0.1) is 23.8 Å². The second-order valence-corrected chi connectivity index (χ2v) is 4.15. The number of rotatable bonds is 6. The number of hydrogen-bond donors (Lipinski definition) is 1. The molecule has 0 fully saturated rings. The van der Waals surface area contributed by atoms with Crippen molar-refractivity contribution >= 4 is 17.3 Å². The summed E-state index contributed by atoms with van der Waals surface area (Å²) in [6.45, 7) is 7.54. The largest absolute Gasteiger partial charge is 0.383 e. The van der Waals surface area contributed by atoms with Crippen molar-refractivity contribution in [3.05, 3.63) is 40.9 Å². The molecule has 1 rings (SSSR count). The summed E-state index contributed by atoms with van der Waals surface area (Å²) in [6.07, 6.45) is 0. The van der Waals surface area contributed by atoms with Gasteiger partial charge in [0.1, 0.15) is 6.07 Å². The first kappa shape index (κ1) is 13.6. The summed E-state index contributed by atoms with van der Waals surface area (Å²) in [5.41, 5.74) is 2.37. The maximum atomic E-state index is 8.72. The lowest BCUT2D eigenvalue weighted by Gasteiger charge is -2.08. The molecule has 90 valence electrons. The Kier molecular flexibility index (Phi) is 5.55. The van der Waals surface area contributed by atoms with Crippen molar-refractivity contribution in [1.29, 1.82) is 5.26 Å². The standard InChI is InChI=1S/C13H15ClN2O/c1-10(2)9-17-6-5-16-12-4-3-11(8-15)13(14)7-12/h3-4,7,16H,1,5-6,9H2,2H3. The lowest BCUT2D eigenvalue weighted by atomic mass is 10.2. The summed E-state index contributed by atoms with van der Waals surface area (Å²) < 4.78 is 5.34. The summed E-state index contributed by atoms with van der Waals surface area (Å²) in [7, 11) is 0. The molecule has 1 N–H and O–H groups in total. The van der Waals surface area contributed by atoms with Crippen LogP contribution in [0.15, 0.2) is 30.4 Å². The van der Waals surface area contributed by atoms with Crippen LogP contribution in [-0.2, 0) is 4.74 Å². The summed E-state index contributed by atoms with van der Waals surface area (Å²) in [5.74, 6) is 0. The zero-order valence-corrected chi connectivity index (χ0v) is 10.5. The van der Waals surface area contributed by atoms with Gasteiger partial charge in [-0.1, -0.05) is 23.8 Å². The van der Waals surface area contributed by atoms with Gasteiger partial charge < -0.3 is 10.1 Å². The third-order valence-corrected chi connectivity index (χ3v) is 2.33. The van der Waals surface area contributed by atoms with E-state index in [1.807, 2.05) is 19.1 Å². The molecule has 0 saturated heterocycles. The summed E-state index contributed by atoms with van der Waals surface area (Å²) in [6, 6.07) is 7.27. The molecule has 0 unspecified atom stereocenters. The van der Waals surface area contributed by atoms with Crippen LogP contribution in [0.1, 0.15) is 12.5 Å². The predicted molar refractivity (Wildman–Crippen MR) is 70.3 cm³/mol. The average molecular weight is 251 g/mol. The maximum absolute atomic E-state index is 8.72. The van der Waals surface area contributed by atoms with Crippen LogP contribution >= 0.6 is 11.6 Å². The zero-order chi connectivity index (χ0) is 12.7.